The molecule has 1 aliphatic rings. The number of carboxylic acid groups (broad SMARTS) is 1. The van der Waals surface area contributed by atoms with E-state index in [0.29, 0.717) is 13.0 Å². The van der Waals surface area contributed by atoms with Crippen molar-refractivity contribution in [2.24, 2.45) is 0 Å². The summed E-state index contributed by atoms with van der Waals surface area (Å²) in [5.41, 5.74) is 4.41. The number of ether oxygens (including phenoxy) is 1. The van der Waals surface area contributed by atoms with Gasteiger partial charge in [0.05, 0.1) is 3.79 Å². The maximum absolute atomic E-state index is 12.7. The van der Waals surface area contributed by atoms with Crippen LogP contribution in [0.5, 0.6) is 0 Å². The van der Waals surface area contributed by atoms with E-state index in [0.717, 1.165) is 30.9 Å². The Bertz CT molecular complexity index is 1180. The number of nitrogens with one attached hydrogen (secondary N) is 2. The van der Waals surface area contributed by atoms with Crippen LogP contribution in [0.2, 0.25) is 0 Å². The Kier molecular flexibility index (Phi) is 8.20. The Morgan fingerprint density at radius 3 is 2.26 bits per heavy atom. The third kappa shape index (κ3) is 6.29. The zero-order chi connectivity index (χ0) is 24.8. The van der Waals surface area contributed by atoms with E-state index in [1.807, 2.05) is 48.5 Å². The second kappa shape index (κ2) is 11.5. The molecule has 9 heteroatoms. The Hall–Kier alpha value is -3.17. The van der Waals surface area contributed by atoms with Crippen LogP contribution in [-0.2, 0) is 20.7 Å². The first-order chi connectivity index (χ1) is 16.9. The lowest BCUT2D eigenvalue weighted by atomic mass is 9.98. The summed E-state index contributed by atoms with van der Waals surface area (Å²) in [6.45, 7) is 0.488. The normalized spacial score (nSPS) is 12.9. The molecule has 0 saturated heterocycles. The molecule has 1 atom stereocenters. The van der Waals surface area contributed by atoms with E-state index in [-0.39, 0.29) is 25.4 Å². The van der Waals surface area contributed by atoms with E-state index in [1.54, 1.807) is 11.3 Å². The molecule has 182 valence electrons. The number of hydrogen-bond donors (Lipinski definition) is 3. The van der Waals surface area contributed by atoms with Crippen molar-refractivity contribution in [1.82, 2.24) is 10.6 Å². The minimum atomic E-state index is -1.04. The summed E-state index contributed by atoms with van der Waals surface area (Å²) >= 11 is 4.99. The smallest absolute Gasteiger partial charge is 0.407 e. The zero-order valence-electron chi connectivity index (χ0n) is 18.8. The number of carbonyl (C=O) groups is 3. The molecule has 0 bridgehead atoms. The van der Waals surface area contributed by atoms with E-state index >= 15 is 0 Å². The van der Waals surface area contributed by atoms with Crippen LogP contribution < -0.4 is 10.6 Å². The first-order valence-electron chi connectivity index (χ1n) is 11.3. The molecule has 2 aromatic carbocycles. The van der Waals surface area contributed by atoms with Gasteiger partial charge in [-0.1, -0.05) is 48.5 Å². The predicted molar refractivity (Wildman–Crippen MR) is 138 cm³/mol. The Labute approximate surface area is 215 Å². The summed E-state index contributed by atoms with van der Waals surface area (Å²) in [6.07, 6.45) is -0.395. The highest BCUT2D eigenvalue weighted by Gasteiger charge is 2.30. The van der Waals surface area contributed by atoms with Crippen molar-refractivity contribution in [3.63, 3.8) is 0 Å². The molecule has 1 aromatic heterocycles. The largest absolute Gasteiger partial charge is 0.481 e. The van der Waals surface area contributed by atoms with Gasteiger partial charge in [0.25, 0.3) is 0 Å². The SMILES string of the molecule is O=C(O)CCC(NC(=O)OCC1c2ccccc2-c2ccccc21)C(=O)NCCc1ccc(Br)s1. The lowest BCUT2D eigenvalue weighted by Crippen LogP contribution is -2.47. The number of aliphatic carboxylic acids is 1. The molecule has 0 saturated carbocycles. The molecule has 7 nitrogen and oxygen atoms in total. The molecule has 0 radical (unpaired) electrons. The fourth-order valence-electron chi connectivity index (χ4n) is 4.24. The van der Waals surface area contributed by atoms with E-state index in [2.05, 4.69) is 38.7 Å². The van der Waals surface area contributed by atoms with Gasteiger partial charge in [-0.3, -0.25) is 9.59 Å². The average Bonchev–Trinajstić information content (AvgIpc) is 3.41. The van der Waals surface area contributed by atoms with Gasteiger partial charge >= 0.3 is 12.1 Å². The number of fused-ring (bicyclic) bond motifs is 3. The van der Waals surface area contributed by atoms with Crippen molar-refractivity contribution in [2.45, 2.75) is 31.2 Å². The molecular formula is C26H25BrN2O5S. The third-order valence-corrected chi connectivity index (χ3v) is 7.58. The van der Waals surface area contributed by atoms with Crippen LogP contribution in [0, 0.1) is 0 Å². The number of thiophene rings is 1. The zero-order valence-corrected chi connectivity index (χ0v) is 21.2. The summed E-state index contributed by atoms with van der Waals surface area (Å²) < 4.78 is 6.53. The van der Waals surface area contributed by atoms with Crippen LogP contribution in [0.4, 0.5) is 4.79 Å². The maximum atomic E-state index is 12.7. The van der Waals surface area contributed by atoms with Gasteiger partial charge in [-0.05, 0) is 63.2 Å². The van der Waals surface area contributed by atoms with Crippen LogP contribution in [0.15, 0.2) is 64.5 Å². The number of carbonyl (C=O) groups excluding carboxylic acids is 2. The number of hydrogen-bond acceptors (Lipinski definition) is 5. The molecule has 0 fully saturated rings. The second-order valence-corrected chi connectivity index (χ2v) is 10.7. The maximum Gasteiger partial charge on any atom is 0.407 e. The van der Waals surface area contributed by atoms with Gasteiger partial charge in [0.2, 0.25) is 5.91 Å². The van der Waals surface area contributed by atoms with Gasteiger partial charge in [0.15, 0.2) is 0 Å². The second-order valence-electron chi connectivity index (χ2n) is 8.20. The molecule has 3 N–H and O–H groups in total. The number of halogens is 1. The van der Waals surface area contributed by atoms with Crippen LogP contribution in [0.1, 0.15) is 34.8 Å². The van der Waals surface area contributed by atoms with Crippen molar-refractivity contribution in [1.29, 1.82) is 0 Å². The highest BCUT2D eigenvalue weighted by molar-refractivity contribution is 9.11. The van der Waals surface area contributed by atoms with Crippen molar-refractivity contribution < 1.29 is 24.2 Å². The monoisotopic (exact) mass is 556 g/mol. The molecule has 0 spiro atoms. The minimum Gasteiger partial charge on any atom is -0.481 e. The number of benzene rings is 2. The fraction of sp³-hybridized carbons (Fsp3) is 0.269. The van der Waals surface area contributed by atoms with Gasteiger partial charge in [0, 0.05) is 23.8 Å². The van der Waals surface area contributed by atoms with Crippen molar-refractivity contribution in [2.75, 3.05) is 13.2 Å². The van der Waals surface area contributed by atoms with Crippen molar-refractivity contribution >= 4 is 45.2 Å². The highest BCUT2D eigenvalue weighted by atomic mass is 79.9. The average molecular weight is 557 g/mol. The van der Waals surface area contributed by atoms with Gasteiger partial charge in [-0.15, -0.1) is 11.3 Å². The van der Waals surface area contributed by atoms with Crippen molar-refractivity contribution in [3.8, 4) is 11.1 Å². The fourth-order valence-corrected chi connectivity index (χ4v) is 5.72. The number of carboxylic acids is 1. The molecule has 35 heavy (non-hydrogen) atoms. The van der Waals surface area contributed by atoms with E-state index in [9.17, 15) is 14.4 Å². The third-order valence-electron chi connectivity index (χ3n) is 5.90. The highest BCUT2D eigenvalue weighted by Crippen LogP contribution is 2.44. The Morgan fingerprint density at radius 1 is 1.00 bits per heavy atom. The molecular weight excluding hydrogens is 532 g/mol. The Morgan fingerprint density at radius 2 is 1.66 bits per heavy atom. The van der Waals surface area contributed by atoms with E-state index in [1.165, 1.54) is 0 Å². The predicted octanol–water partition coefficient (Wildman–Crippen LogP) is 4.94. The molecule has 2 amide bonds. The summed E-state index contributed by atoms with van der Waals surface area (Å²) in [6, 6.07) is 18.9. The number of rotatable bonds is 10. The number of amides is 2. The quantitative estimate of drug-likeness (QED) is 0.328. The summed E-state index contributed by atoms with van der Waals surface area (Å²) in [7, 11) is 0. The first kappa shape index (κ1) is 24.9. The molecule has 1 aliphatic carbocycles. The minimum absolute atomic E-state index is 0.0318. The van der Waals surface area contributed by atoms with E-state index in [4.69, 9.17) is 9.84 Å². The van der Waals surface area contributed by atoms with Crippen LogP contribution in [-0.4, -0.2) is 42.3 Å². The molecule has 3 aromatic rings. The summed E-state index contributed by atoms with van der Waals surface area (Å²) in [4.78, 5) is 37.5. The molecule has 1 unspecified atom stereocenters. The lowest BCUT2D eigenvalue weighted by molar-refractivity contribution is -0.137. The van der Waals surface area contributed by atoms with Gasteiger partial charge in [0.1, 0.15) is 12.6 Å². The molecule has 4 rings (SSSR count). The van der Waals surface area contributed by atoms with Gasteiger partial charge in [-0.25, -0.2) is 4.79 Å². The lowest BCUT2D eigenvalue weighted by Gasteiger charge is -2.19. The Balaban J connectivity index is 1.35. The number of alkyl carbamates (subject to hydrolysis) is 1. The van der Waals surface area contributed by atoms with Crippen molar-refractivity contribution in [3.05, 3.63) is 80.5 Å². The van der Waals surface area contributed by atoms with Gasteiger partial charge in [-0.2, -0.15) is 0 Å². The summed E-state index contributed by atoms with van der Waals surface area (Å²) in [5, 5.41) is 14.4. The van der Waals surface area contributed by atoms with Crippen LogP contribution in [0.3, 0.4) is 0 Å². The molecule has 1 heterocycles. The first-order valence-corrected chi connectivity index (χ1v) is 12.9. The van der Waals surface area contributed by atoms with Crippen LogP contribution >= 0.6 is 27.3 Å². The van der Waals surface area contributed by atoms with Crippen LogP contribution in [0.25, 0.3) is 11.1 Å². The molecule has 0 aliphatic heterocycles. The van der Waals surface area contributed by atoms with E-state index < -0.39 is 24.0 Å². The summed E-state index contributed by atoms with van der Waals surface area (Å²) in [5.74, 6) is -1.58. The topological polar surface area (TPSA) is 105 Å². The van der Waals surface area contributed by atoms with Gasteiger partial charge < -0.3 is 20.5 Å². The standard InChI is InChI=1S/C26H25BrN2O5S/c27-23-11-9-16(35-23)13-14-28-25(32)22(10-12-24(30)31)29-26(33)34-15-21-19-7-3-1-5-17(19)18-6-2-4-8-20(18)21/h1-9,11,21-22H,10,12-15H2,(H,28,32)(H,29,33)(H,30,31).